The van der Waals surface area contributed by atoms with Gasteiger partial charge in [0.25, 0.3) is 0 Å². The van der Waals surface area contributed by atoms with E-state index in [2.05, 4.69) is 15.3 Å². The summed E-state index contributed by atoms with van der Waals surface area (Å²) >= 11 is 0. The summed E-state index contributed by atoms with van der Waals surface area (Å²) < 4.78 is 5.12. The van der Waals surface area contributed by atoms with Gasteiger partial charge in [-0.3, -0.25) is 9.59 Å². The van der Waals surface area contributed by atoms with E-state index in [-0.39, 0.29) is 17.9 Å². The highest BCUT2D eigenvalue weighted by molar-refractivity contribution is 5.76. The zero-order valence-corrected chi connectivity index (χ0v) is 12.1. The summed E-state index contributed by atoms with van der Waals surface area (Å²) in [6.45, 7) is 5.52. The van der Waals surface area contributed by atoms with E-state index in [9.17, 15) is 9.59 Å². The molecule has 6 nitrogen and oxygen atoms in total. The Hall–Kier alpha value is -2.37. The van der Waals surface area contributed by atoms with Gasteiger partial charge in [-0.15, -0.1) is 0 Å². The van der Waals surface area contributed by atoms with Crippen LogP contribution < -0.4 is 15.5 Å². The lowest BCUT2D eigenvalue weighted by Crippen LogP contribution is -2.24. The molecule has 0 aliphatic rings. The SMILES string of the molecule is CC.COc1[nH]c2ncccc2c(=O)c1CNC(C)=O. The lowest BCUT2D eigenvalue weighted by molar-refractivity contribution is -0.119. The van der Waals surface area contributed by atoms with Crippen LogP contribution in [0.3, 0.4) is 0 Å². The third-order valence-corrected chi connectivity index (χ3v) is 2.55. The molecule has 108 valence electrons. The number of ether oxygens (including phenoxy) is 1. The molecule has 0 saturated heterocycles. The molecule has 0 bridgehead atoms. The Labute approximate surface area is 117 Å². The summed E-state index contributed by atoms with van der Waals surface area (Å²) in [7, 11) is 1.46. The van der Waals surface area contributed by atoms with Gasteiger partial charge in [-0.05, 0) is 12.1 Å². The number of hydrogen-bond donors (Lipinski definition) is 2. The molecule has 2 heterocycles. The molecule has 2 aromatic rings. The Bertz CT molecular complexity index is 650. The van der Waals surface area contributed by atoms with Crippen LogP contribution in [0.4, 0.5) is 0 Å². The summed E-state index contributed by atoms with van der Waals surface area (Å²) in [5.41, 5.74) is 0.654. The molecular formula is C14H19N3O3. The van der Waals surface area contributed by atoms with Crippen LogP contribution in [0, 0.1) is 0 Å². The minimum Gasteiger partial charge on any atom is -0.482 e. The van der Waals surface area contributed by atoms with Crippen molar-refractivity contribution in [2.75, 3.05) is 7.11 Å². The van der Waals surface area contributed by atoms with Crippen LogP contribution in [0.15, 0.2) is 23.1 Å². The Balaban J connectivity index is 0.000000956. The maximum atomic E-state index is 12.2. The number of carbonyl (C=O) groups excluding carboxylic acids is 1. The van der Waals surface area contributed by atoms with Gasteiger partial charge in [0, 0.05) is 13.1 Å². The fraction of sp³-hybridized carbons (Fsp3) is 0.357. The van der Waals surface area contributed by atoms with Gasteiger partial charge in [0.15, 0.2) is 5.43 Å². The average molecular weight is 277 g/mol. The van der Waals surface area contributed by atoms with E-state index in [1.165, 1.54) is 14.0 Å². The van der Waals surface area contributed by atoms with Gasteiger partial charge in [-0.25, -0.2) is 4.98 Å². The fourth-order valence-corrected chi connectivity index (χ4v) is 1.68. The number of hydrogen-bond acceptors (Lipinski definition) is 4. The number of amides is 1. The Morgan fingerprint density at radius 2 is 2.15 bits per heavy atom. The maximum Gasteiger partial charge on any atom is 0.217 e. The molecule has 2 N–H and O–H groups in total. The number of rotatable bonds is 3. The summed E-state index contributed by atoms with van der Waals surface area (Å²) in [5.74, 6) is 0.114. The van der Waals surface area contributed by atoms with Crippen molar-refractivity contribution in [3.05, 3.63) is 34.1 Å². The maximum absolute atomic E-state index is 12.2. The first-order valence-corrected chi connectivity index (χ1v) is 6.41. The van der Waals surface area contributed by atoms with E-state index >= 15 is 0 Å². The van der Waals surface area contributed by atoms with Crippen molar-refractivity contribution in [2.45, 2.75) is 27.3 Å². The van der Waals surface area contributed by atoms with E-state index in [4.69, 9.17) is 4.74 Å². The van der Waals surface area contributed by atoms with Gasteiger partial charge >= 0.3 is 0 Å². The number of nitrogens with one attached hydrogen (secondary N) is 2. The van der Waals surface area contributed by atoms with Gasteiger partial charge < -0.3 is 15.0 Å². The molecule has 6 heteroatoms. The fourth-order valence-electron chi connectivity index (χ4n) is 1.68. The predicted octanol–water partition coefficient (Wildman–Crippen LogP) is 1.59. The van der Waals surface area contributed by atoms with Gasteiger partial charge in [-0.2, -0.15) is 0 Å². The first-order chi connectivity index (χ1) is 9.63. The van der Waals surface area contributed by atoms with Crippen LogP contribution in [0.5, 0.6) is 5.88 Å². The number of carbonyl (C=O) groups is 1. The number of aromatic amines is 1. The Kier molecular flexibility index (Phi) is 5.71. The Morgan fingerprint density at radius 3 is 2.75 bits per heavy atom. The molecule has 0 saturated carbocycles. The molecule has 0 spiro atoms. The molecule has 0 aliphatic heterocycles. The number of pyridine rings is 2. The van der Waals surface area contributed by atoms with E-state index in [1.54, 1.807) is 18.3 Å². The summed E-state index contributed by atoms with van der Waals surface area (Å²) in [6, 6.07) is 3.37. The van der Waals surface area contributed by atoms with Crippen LogP contribution in [0.25, 0.3) is 11.0 Å². The van der Waals surface area contributed by atoms with Crippen LogP contribution in [-0.4, -0.2) is 23.0 Å². The van der Waals surface area contributed by atoms with Crippen LogP contribution in [0.2, 0.25) is 0 Å². The van der Waals surface area contributed by atoms with Crippen molar-refractivity contribution < 1.29 is 9.53 Å². The topological polar surface area (TPSA) is 84.1 Å². The highest BCUT2D eigenvalue weighted by Gasteiger charge is 2.13. The third-order valence-electron chi connectivity index (χ3n) is 2.55. The van der Waals surface area contributed by atoms with E-state index in [1.807, 2.05) is 13.8 Å². The average Bonchev–Trinajstić information content (AvgIpc) is 2.48. The van der Waals surface area contributed by atoms with Crippen molar-refractivity contribution >= 4 is 16.9 Å². The van der Waals surface area contributed by atoms with Gasteiger partial charge in [-0.1, -0.05) is 13.8 Å². The summed E-state index contributed by atoms with van der Waals surface area (Å²) in [5, 5.41) is 3.05. The van der Waals surface area contributed by atoms with Crippen molar-refractivity contribution in [1.29, 1.82) is 0 Å². The normalized spacial score (nSPS) is 9.60. The zero-order chi connectivity index (χ0) is 15.1. The van der Waals surface area contributed by atoms with E-state index in [0.717, 1.165) is 0 Å². The predicted molar refractivity (Wildman–Crippen MR) is 77.8 cm³/mol. The zero-order valence-electron chi connectivity index (χ0n) is 12.1. The lowest BCUT2D eigenvalue weighted by atomic mass is 10.2. The first-order valence-electron chi connectivity index (χ1n) is 6.41. The van der Waals surface area contributed by atoms with Crippen molar-refractivity contribution in [2.24, 2.45) is 0 Å². The second-order valence-corrected chi connectivity index (χ2v) is 3.78. The monoisotopic (exact) mass is 277 g/mol. The molecule has 0 radical (unpaired) electrons. The minimum absolute atomic E-state index is 0.124. The van der Waals surface area contributed by atoms with Crippen molar-refractivity contribution in [3.63, 3.8) is 0 Å². The molecule has 0 unspecified atom stereocenters. The lowest BCUT2D eigenvalue weighted by Gasteiger charge is -2.09. The molecule has 0 aliphatic carbocycles. The molecule has 0 aromatic carbocycles. The van der Waals surface area contributed by atoms with Crippen LogP contribution in [-0.2, 0) is 11.3 Å². The molecule has 2 aromatic heterocycles. The number of fused-ring (bicyclic) bond motifs is 1. The number of methoxy groups -OCH3 is 1. The van der Waals surface area contributed by atoms with Gasteiger partial charge in [0.2, 0.25) is 11.8 Å². The van der Waals surface area contributed by atoms with Gasteiger partial charge in [0.05, 0.1) is 24.6 Å². The molecule has 1 amide bonds. The minimum atomic E-state index is -0.206. The quantitative estimate of drug-likeness (QED) is 0.892. The first kappa shape index (κ1) is 15.7. The highest BCUT2D eigenvalue weighted by atomic mass is 16.5. The number of H-pyrrole nitrogens is 1. The van der Waals surface area contributed by atoms with Crippen LogP contribution >= 0.6 is 0 Å². The van der Waals surface area contributed by atoms with Crippen LogP contribution in [0.1, 0.15) is 26.3 Å². The highest BCUT2D eigenvalue weighted by Crippen LogP contribution is 2.15. The molecular weight excluding hydrogens is 258 g/mol. The smallest absolute Gasteiger partial charge is 0.217 e. The van der Waals surface area contributed by atoms with Gasteiger partial charge in [0.1, 0.15) is 5.65 Å². The summed E-state index contributed by atoms with van der Waals surface area (Å²) in [4.78, 5) is 30.1. The molecule has 2 rings (SSSR count). The second kappa shape index (κ2) is 7.28. The van der Waals surface area contributed by atoms with E-state index in [0.29, 0.717) is 22.5 Å². The standard InChI is InChI=1S/C12H13N3O3.C2H6/c1-7(16)14-6-9-10(17)8-4-3-5-13-11(8)15-12(9)18-2;1-2/h3-5H,6H2,1-2H3,(H,14,16)(H,13,15,17);1-2H3. The second-order valence-electron chi connectivity index (χ2n) is 3.78. The van der Waals surface area contributed by atoms with Crippen molar-refractivity contribution in [3.8, 4) is 5.88 Å². The Morgan fingerprint density at radius 1 is 1.45 bits per heavy atom. The molecule has 0 fully saturated rings. The third kappa shape index (κ3) is 3.34. The van der Waals surface area contributed by atoms with Crippen molar-refractivity contribution in [1.82, 2.24) is 15.3 Å². The summed E-state index contributed by atoms with van der Waals surface area (Å²) in [6.07, 6.45) is 1.59. The van der Waals surface area contributed by atoms with E-state index < -0.39 is 0 Å². The molecule has 20 heavy (non-hydrogen) atoms. The number of aromatic nitrogens is 2. The number of nitrogens with zero attached hydrogens (tertiary/aromatic N) is 1. The largest absolute Gasteiger partial charge is 0.482 e. The molecule has 0 atom stereocenters.